The van der Waals surface area contributed by atoms with Crippen LogP contribution in [0.1, 0.15) is 67.7 Å². The van der Waals surface area contributed by atoms with Crippen LogP contribution in [-0.2, 0) is 0 Å². The quantitative estimate of drug-likeness (QED) is 0.678. The van der Waals surface area contributed by atoms with Crippen LogP contribution in [0.25, 0.3) is 0 Å². The number of hydrogen-bond donors (Lipinski definition) is 1. The van der Waals surface area contributed by atoms with Crippen molar-refractivity contribution >= 4 is 0 Å². The summed E-state index contributed by atoms with van der Waals surface area (Å²) in [5.74, 6) is 1.40. The largest absolute Gasteiger partial charge is 0.329 e. The highest BCUT2D eigenvalue weighted by molar-refractivity contribution is 4.95. The molecule has 18 heavy (non-hydrogen) atoms. The maximum absolute atomic E-state index is 6.23. The van der Waals surface area contributed by atoms with E-state index in [-0.39, 0.29) is 5.54 Å². The number of hydrogen-bond acceptors (Lipinski definition) is 2. The molecule has 2 nitrogen and oxygen atoms in total. The summed E-state index contributed by atoms with van der Waals surface area (Å²) in [7, 11) is 0. The first-order valence-corrected chi connectivity index (χ1v) is 7.79. The number of likely N-dealkylation sites (N-methyl/N-ethyl adjacent to an activating group) is 1. The van der Waals surface area contributed by atoms with Gasteiger partial charge in [-0.3, -0.25) is 4.90 Å². The van der Waals surface area contributed by atoms with E-state index in [0.29, 0.717) is 17.9 Å². The number of nitrogens with two attached hydrogens (primary N) is 1. The van der Waals surface area contributed by atoms with Gasteiger partial charge >= 0.3 is 0 Å². The Kier molecular flexibility index (Phi) is 8.13. The Bertz CT molecular complexity index is 201. The smallest absolute Gasteiger partial charge is 0.0339 e. The summed E-state index contributed by atoms with van der Waals surface area (Å²) in [6, 6.07) is 0.621. The van der Waals surface area contributed by atoms with Crippen LogP contribution >= 0.6 is 0 Å². The topological polar surface area (TPSA) is 29.3 Å². The maximum Gasteiger partial charge on any atom is 0.0339 e. The summed E-state index contributed by atoms with van der Waals surface area (Å²) in [6.07, 6.45) is 3.62. The monoisotopic (exact) mass is 256 g/mol. The molecule has 0 bridgehead atoms. The Morgan fingerprint density at radius 3 is 1.61 bits per heavy atom. The van der Waals surface area contributed by atoms with E-state index in [1.54, 1.807) is 0 Å². The lowest BCUT2D eigenvalue weighted by Gasteiger charge is -2.48. The van der Waals surface area contributed by atoms with E-state index in [0.717, 1.165) is 13.1 Å². The summed E-state index contributed by atoms with van der Waals surface area (Å²) in [5.41, 5.74) is 6.42. The van der Waals surface area contributed by atoms with E-state index in [4.69, 9.17) is 5.73 Å². The molecule has 0 radical (unpaired) electrons. The van der Waals surface area contributed by atoms with E-state index < -0.39 is 0 Å². The van der Waals surface area contributed by atoms with Crippen molar-refractivity contribution in [1.82, 2.24) is 4.90 Å². The van der Waals surface area contributed by atoms with Gasteiger partial charge in [0.05, 0.1) is 0 Å². The van der Waals surface area contributed by atoms with E-state index in [2.05, 4.69) is 53.4 Å². The molecule has 110 valence electrons. The first-order valence-electron chi connectivity index (χ1n) is 7.79. The zero-order chi connectivity index (χ0) is 14.3. The highest BCUT2D eigenvalue weighted by Gasteiger charge is 2.37. The van der Waals surface area contributed by atoms with Crippen molar-refractivity contribution in [1.29, 1.82) is 0 Å². The predicted molar refractivity (Wildman–Crippen MR) is 82.8 cm³/mol. The molecule has 2 heteroatoms. The Morgan fingerprint density at radius 1 is 0.944 bits per heavy atom. The molecule has 0 saturated heterocycles. The summed E-state index contributed by atoms with van der Waals surface area (Å²) >= 11 is 0. The van der Waals surface area contributed by atoms with Crippen LogP contribution in [0.2, 0.25) is 0 Å². The van der Waals surface area contributed by atoms with Gasteiger partial charge in [0.15, 0.2) is 0 Å². The highest BCUT2D eigenvalue weighted by Crippen LogP contribution is 2.32. The van der Waals surface area contributed by atoms with Crippen LogP contribution in [0, 0.1) is 11.8 Å². The molecule has 0 fully saturated rings. The molecule has 0 heterocycles. The van der Waals surface area contributed by atoms with Gasteiger partial charge in [0.2, 0.25) is 0 Å². The van der Waals surface area contributed by atoms with Gasteiger partial charge in [-0.25, -0.2) is 0 Å². The zero-order valence-corrected chi connectivity index (χ0v) is 13.8. The molecular formula is C16H36N2. The molecule has 0 rings (SSSR count). The second-order valence-electron chi connectivity index (χ2n) is 6.67. The third-order valence-corrected chi connectivity index (χ3v) is 4.03. The molecule has 0 aliphatic heterocycles. The summed E-state index contributed by atoms with van der Waals surface area (Å²) in [5, 5.41) is 0. The van der Waals surface area contributed by atoms with Crippen LogP contribution in [-0.4, -0.2) is 29.6 Å². The Labute approximate surface area is 115 Å². The lowest BCUT2D eigenvalue weighted by molar-refractivity contribution is 0.0243. The predicted octanol–water partition coefficient (Wildman–Crippen LogP) is 3.90. The fourth-order valence-corrected chi connectivity index (χ4v) is 3.46. The molecule has 2 N–H and O–H groups in total. The Balaban J connectivity index is 5.22. The fourth-order valence-electron chi connectivity index (χ4n) is 3.46. The first-order chi connectivity index (χ1) is 8.32. The molecule has 0 saturated carbocycles. The molecule has 1 unspecified atom stereocenters. The van der Waals surface area contributed by atoms with Crippen molar-refractivity contribution in [3.63, 3.8) is 0 Å². The van der Waals surface area contributed by atoms with Gasteiger partial charge in [0.1, 0.15) is 0 Å². The van der Waals surface area contributed by atoms with Crippen LogP contribution in [0.5, 0.6) is 0 Å². The van der Waals surface area contributed by atoms with Crippen LogP contribution < -0.4 is 5.73 Å². The van der Waals surface area contributed by atoms with Crippen molar-refractivity contribution in [2.45, 2.75) is 79.3 Å². The zero-order valence-electron chi connectivity index (χ0n) is 13.8. The molecule has 0 aromatic heterocycles. The van der Waals surface area contributed by atoms with Gasteiger partial charge in [-0.15, -0.1) is 0 Å². The minimum absolute atomic E-state index is 0.187. The standard InChI is InChI=1S/C16H36N2/c1-8-15(7)18(9-2)16(12-17,10-13(3)4)11-14(5)6/h13-15H,8-12,17H2,1-7H3. The van der Waals surface area contributed by atoms with Crippen molar-refractivity contribution < 1.29 is 0 Å². The van der Waals surface area contributed by atoms with E-state index in [1.165, 1.54) is 19.3 Å². The molecule has 0 spiro atoms. The van der Waals surface area contributed by atoms with Gasteiger partial charge in [-0.05, 0) is 44.6 Å². The second-order valence-corrected chi connectivity index (χ2v) is 6.67. The first kappa shape index (κ1) is 17.9. The highest BCUT2D eigenvalue weighted by atomic mass is 15.2. The lowest BCUT2D eigenvalue weighted by atomic mass is 9.79. The van der Waals surface area contributed by atoms with Crippen molar-refractivity contribution in [3.05, 3.63) is 0 Å². The molecular weight excluding hydrogens is 220 g/mol. The van der Waals surface area contributed by atoms with Crippen LogP contribution in [0.15, 0.2) is 0 Å². The molecule has 0 amide bonds. The maximum atomic E-state index is 6.23. The van der Waals surface area contributed by atoms with Crippen LogP contribution in [0.3, 0.4) is 0 Å². The number of rotatable bonds is 9. The van der Waals surface area contributed by atoms with Crippen LogP contribution in [0.4, 0.5) is 0 Å². The van der Waals surface area contributed by atoms with E-state index in [9.17, 15) is 0 Å². The summed E-state index contributed by atoms with van der Waals surface area (Å²) in [4.78, 5) is 2.66. The van der Waals surface area contributed by atoms with Gasteiger partial charge in [-0.1, -0.05) is 41.5 Å². The molecule has 0 aliphatic rings. The molecule has 1 atom stereocenters. The minimum Gasteiger partial charge on any atom is -0.329 e. The van der Waals surface area contributed by atoms with Crippen molar-refractivity contribution in [3.8, 4) is 0 Å². The lowest BCUT2D eigenvalue weighted by Crippen LogP contribution is -2.58. The van der Waals surface area contributed by atoms with Gasteiger partial charge in [0.25, 0.3) is 0 Å². The molecule has 0 aliphatic carbocycles. The van der Waals surface area contributed by atoms with Gasteiger partial charge in [0, 0.05) is 18.1 Å². The average molecular weight is 256 g/mol. The Hall–Kier alpha value is -0.0800. The minimum atomic E-state index is 0.187. The average Bonchev–Trinajstić information content (AvgIpc) is 2.27. The SMILES string of the molecule is CCC(C)N(CC)C(CN)(CC(C)C)CC(C)C. The number of nitrogens with zero attached hydrogens (tertiary/aromatic N) is 1. The third-order valence-electron chi connectivity index (χ3n) is 4.03. The molecule has 0 aromatic carbocycles. The van der Waals surface area contributed by atoms with E-state index in [1.807, 2.05) is 0 Å². The van der Waals surface area contributed by atoms with Crippen molar-refractivity contribution in [2.75, 3.05) is 13.1 Å². The van der Waals surface area contributed by atoms with Gasteiger partial charge < -0.3 is 5.73 Å². The Morgan fingerprint density at radius 2 is 1.39 bits per heavy atom. The van der Waals surface area contributed by atoms with Gasteiger partial charge in [-0.2, -0.15) is 0 Å². The summed E-state index contributed by atoms with van der Waals surface area (Å²) in [6.45, 7) is 18.0. The molecule has 0 aromatic rings. The van der Waals surface area contributed by atoms with E-state index >= 15 is 0 Å². The normalized spacial score (nSPS) is 14.8. The van der Waals surface area contributed by atoms with Crippen molar-refractivity contribution in [2.24, 2.45) is 17.6 Å². The second kappa shape index (κ2) is 8.16. The fraction of sp³-hybridized carbons (Fsp3) is 1.00. The third kappa shape index (κ3) is 4.89. The summed E-state index contributed by atoms with van der Waals surface area (Å²) < 4.78 is 0.